The van der Waals surface area contributed by atoms with Crippen molar-refractivity contribution in [3.63, 3.8) is 0 Å². The van der Waals surface area contributed by atoms with Gasteiger partial charge in [-0.2, -0.15) is 13.2 Å². The molecule has 2 amide bonds. The zero-order chi connectivity index (χ0) is 21.5. The van der Waals surface area contributed by atoms with Gasteiger partial charge in [-0.25, -0.2) is 9.18 Å². The predicted octanol–water partition coefficient (Wildman–Crippen LogP) is 6.33. The van der Waals surface area contributed by atoms with Gasteiger partial charge in [0.1, 0.15) is 17.5 Å². The number of urea groups is 1. The zero-order valence-corrected chi connectivity index (χ0v) is 17.4. The first-order valence-electron chi connectivity index (χ1n) is 9.52. The second-order valence-electron chi connectivity index (χ2n) is 7.61. The molecule has 0 radical (unpaired) electrons. The molecule has 1 spiro atoms. The van der Waals surface area contributed by atoms with Crippen LogP contribution in [-0.2, 0) is 6.18 Å². The number of amides is 2. The van der Waals surface area contributed by atoms with Crippen molar-refractivity contribution < 1.29 is 27.1 Å². The molecular weight excluding hydrogens is 468 g/mol. The standard InChI is InChI=1S/C21H19BrF4N2O2/c22-16-3-1-2-15-17(23)12-20(30-18(15)16)8-10-28(11-9-20)19(29)27-14-6-4-13(5-7-14)21(24,25)26/h1-7,17H,8-12H2,(H,27,29). The second-order valence-corrected chi connectivity index (χ2v) is 8.46. The van der Waals surface area contributed by atoms with Gasteiger partial charge in [-0.3, -0.25) is 0 Å². The van der Waals surface area contributed by atoms with Gasteiger partial charge >= 0.3 is 12.2 Å². The number of rotatable bonds is 1. The Hall–Kier alpha value is -2.29. The molecule has 2 aromatic carbocycles. The van der Waals surface area contributed by atoms with Crippen LogP contribution in [0.15, 0.2) is 46.9 Å². The van der Waals surface area contributed by atoms with Gasteiger partial charge in [-0.1, -0.05) is 12.1 Å². The first kappa shape index (κ1) is 21.0. The van der Waals surface area contributed by atoms with Crippen LogP contribution in [0.25, 0.3) is 0 Å². The number of fused-ring (bicyclic) bond motifs is 1. The highest BCUT2D eigenvalue weighted by Gasteiger charge is 2.44. The average Bonchev–Trinajstić information content (AvgIpc) is 2.69. The molecule has 30 heavy (non-hydrogen) atoms. The maximum atomic E-state index is 14.8. The average molecular weight is 487 g/mol. The molecule has 1 N–H and O–H groups in total. The van der Waals surface area contributed by atoms with Crippen LogP contribution in [-0.4, -0.2) is 29.6 Å². The lowest BCUT2D eigenvalue weighted by molar-refractivity contribution is -0.137. The molecule has 9 heteroatoms. The summed E-state index contributed by atoms with van der Waals surface area (Å²) in [6.45, 7) is 0.720. The Balaban J connectivity index is 1.39. The highest BCUT2D eigenvalue weighted by atomic mass is 79.9. The predicted molar refractivity (Wildman–Crippen MR) is 107 cm³/mol. The molecule has 1 saturated heterocycles. The lowest BCUT2D eigenvalue weighted by Crippen LogP contribution is -2.52. The third-order valence-corrected chi connectivity index (χ3v) is 6.25. The van der Waals surface area contributed by atoms with E-state index in [2.05, 4.69) is 21.2 Å². The SMILES string of the molecule is O=C(Nc1ccc(C(F)(F)F)cc1)N1CCC2(CC1)CC(F)c1cccc(Br)c1O2. The number of nitrogens with one attached hydrogen (secondary N) is 1. The van der Waals surface area contributed by atoms with Crippen molar-refractivity contribution in [3.8, 4) is 5.75 Å². The van der Waals surface area contributed by atoms with Gasteiger partial charge in [0.05, 0.1) is 10.0 Å². The van der Waals surface area contributed by atoms with Crippen LogP contribution in [0, 0.1) is 0 Å². The van der Waals surface area contributed by atoms with Gasteiger partial charge in [0.25, 0.3) is 0 Å². The Morgan fingerprint density at radius 3 is 2.43 bits per heavy atom. The van der Waals surface area contributed by atoms with Crippen molar-refractivity contribution >= 4 is 27.6 Å². The summed E-state index contributed by atoms with van der Waals surface area (Å²) < 4.78 is 59.6. The van der Waals surface area contributed by atoms with Gasteiger partial charge in [-0.05, 0) is 46.3 Å². The van der Waals surface area contributed by atoms with Crippen LogP contribution in [0.5, 0.6) is 5.75 Å². The van der Waals surface area contributed by atoms with Gasteiger partial charge in [0.15, 0.2) is 0 Å². The lowest BCUT2D eigenvalue weighted by atomic mass is 9.82. The minimum absolute atomic E-state index is 0.227. The maximum Gasteiger partial charge on any atom is 0.416 e. The fraction of sp³-hybridized carbons (Fsp3) is 0.381. The van der Waals surface area contributed by atoms with Crippen LogP contribution < -0.4 is 10.1 Å². The highest BCUT2D eigenvalue weighted by Crippen LogP contribution is 2.48. The number of carbonyl (C=O) groups excluding carboxylic acids is 1. The largest absolute Gasteiger partial charge is 0.485 e. The number of halogens is 5. The van der Waals surface area contributed by atoms with Crippen LogP contribution in [0.3, 0.4) is 0 Å². The van der Waals surface area contributed by atoms with Gasteiger partial charge in [-0.15, -0.1) is 0 Å². The number of hydrogen-bond donors (Lipinski definition) is 1. The Bertz CT molecular complexity index is 941. The molecular formula is C21H19BrF4N2O2. The Labute approximate surface area is 179 Å². The Kier molecular flexibility index (Phi) is 5.42. The number of benzene rings is 2. The number of nitrogens with zero attached hydrogens (tertiary/aromatic N) is 1. The molecule has 2 heterocycles. The normalized spacial score (nSPS) is 20.4. The van der Waals surface area contributed by atoms with E-state index in [1.165, 1.54) is 12.1 Å². The Morgan fingerprint density at radius 2 is 1.80 bits per heavy atom. The molecule has 1 atom stereocenters. The summed E-state index contributed by atoms with van der Waals surface area (Å²) in [5, 5.41) is 2.61. The van der Waals surface area contributed by atoms with Crippen LogP contribution in [0.4, 0.5) is 28.0 Å². The van der Waals surface area contributed by atoms with Crippen LogP contribution in [0.1, 0.15) is 36.6 Å². The molecule has 4 nitrogen and oxygen atoms in total. The summed E-state index contributed by atoms with van der Waals surface area (Å²) in [6.07, 6.45) is -4.40. The molecule has 0 aromatic heterocycles. The summed E-state index contributed by atoms with van der Waals surface area (Å²) in [7, 11) is 0. The van der Waals surface area contributed by atoms with E-state index < -0.39 is 29.5 Å². The number of para-hydroxylation sites is 1. The molecule has 2 aliphatic rings. The fourth-order valence-corrected chi connectivity index (χ4v) is 4.41. The minimum atomic E-state index is -4.42. The van der Waals surface area contributed by atoms with Crippen molar-refractivity contribution in [2.45, 2.75) is 37.2 Å². The second kappa shape index (κ2) is 7.76. The van der Waals surface area contributed by atoms with Crippen LogP contribution >= 0.6 is 15.9 Å². The first-order valence-corrected chi connectivity index (χ1v) is 10.3. The topological polar surface area (TPSA) is 41.6 Å². The van der Waals surface area contributed by atoms with E-state index in [4.69, 9.17) is 4.74 Å². The highest BCUT2D eigenvalue weighted by molar-refractivity contribution is 9.10. The molecule has 160 valence electrons. The van der Waals surface area contributed by atoms with Crippen molar-refractivity contribution in [2.24, 2.45) is 0 Å². The zero-order valence-electron chi connectivity index (χ0n) is 15.8. The smallest absolute Gasteiger partial charge is 0.416 e. The third-order valence-electron chi connectivity index (χ3n) is 5.63. The summed E-state index contributed by atoms with van der Waals surface area (Å²) in [4.78, 5) is 14.1. The molecule has 1 unspecified atom stereocenters. The molecule has 2 aliphatic heterocycles. The van der Waals surface area contributed by atoms with E-state index in [1.807, 2.05) is 0 Å². The van der Waals surface area contributed by atoms with Crippen molar-refractivity contribution in [2.75, 3.05) is 18.4 Å². The summed E-state index contributed by atoms with van der Waals surface area (Å²) in [5.41, 5.74) is -0.648. The van der Waals surface area contributed by atoms with Gasteiger partial charge in [0, 0.05) is 43.6 Å². The number of likely N-dealkylation sites (tertiary alicyclic amines) is 1. The van der Waals surface area contributed by atoms with Crippen molar-refractivity contribution in [3.05, 3.63) is 58.1 Å². The number of anilines is 1. The molecule has 4 rings (SSSR count). The number of hydrogen-bond acceptors (Lipinski definition) is 2. The maximum absolute atomic E-state index is 14.8. The van der Waals surface area contributed by atoms with Crippen LogP contribution in [0.2, 0.25) is 0 Å². The Morgan fingerprint density at radius 1 is 1.13 bits per heavy atom. The number of piperidine rings is 1. The fourth-order valence-electron chi connectivity index (χ4n) is 3.94. The minimum Gasteiger partial charge on any atom is -0.485 e. The molecule has 0 saturated carbocycles. The molecule has 0 bridgehead atoms. The van der Waals surface area contributed by atoms with Crippen molar-refractivity contribution in [1.29, 1.82) is 0 Å². The van der Waals surface area contributed by atoms with Gasteiger partial charge < -0.3 is 15.0 Å². The quantitative estimate of drug-likeness (QED) is 0.478. The lowest BCUT2D eigenvalue weighted by Gasteiger charge is -2.45. The third kappa shape index (κ3) is 4.12. The first-order chi connectivity index (χ1) is 14.2. The van der Waals surface area contributed by atoms with E-state index in [0.717, 1.165) is 12.1 Å². The van der Waals surface area contributed by atoms with E-state index in [0.29, 0.717) is 41.7 Å². The van der Waals surface area contributed by atoms with Crippen molar-refractivity contribution in [1.82, 2.24) is 4.90 Å². The molecule has 1 fully saturated rings. The summed E-state index contributed by atoms with van der Waals surface area (Å²) in [6, 6.07) is 9.17. The molecule has 0 aliphatic carbocycles. The monoisotopic (exact) mass is 486 g/mol. The number of ether oxygens (including phenoxy) is 1. The number of carbonyl (C=O) groups is 1. The van der Waals surface area contributed by atoms with Gasteiger partial charge in [0.2, 0.25) is 0 Å². The van der Waals surface area contributed by atoms with E-state index in [-0.39, 0.29) is 12.1 Å². The van der Waals surface area contributed by atoms with E-state index >= 15 is 0 Å². The number of alkyl halides is 4. The summed E-state index contributed by atoms with van der Waals surface area (Å²) in [5.74, 6) is 0.513. The van der Waals surface area contributed by atoms with E-state index in [9.17, 15) is 22.4 Å². The van der Waals surface area contributed by atoms with E-state index in [1.54, 1.807) is 23.1 Å². The summed E-state index contributed by atoms with van der Waals surface area (Å²) >= 11 is 3.41. The molecule has 2 aromatic rings.